The Hall–Kier alpha value is -6.50. The van der Waals surface area contributed by atoms with E-state index in [-0.39, 0.29) is 66.7 Å². The molecule has 0 spiro atoms. The summed E-state index contributed by atoms with van der Waals surface area (Å²) in [6.45, 7) is 24.8. The standard InChI is InChI=1S/C59H80N10O8/c1-13-50(71)66-30-35(5)69(36(6)31-66)58(75)64(11)53(34(3)4)55(72)61-48-23-38-21-40(24-43(70)22-38)39-15-16-49-45(25-39)47(28-59(8,9)33-77-57(74)52-44-26-41(44)32-68(62-52)56(48)73)54(67(49)14-2)46-27-42(29-60-51(46)37(7)76-12)65-19-17-63(10)18-20-65/h13,15-16,21-22,24-25,27,29,34-37,41,44,48,52-53,62,70H,1,14,17-20,23,26,28,30-33H2,2-12H3,(H,61,72). The third-order valence-electron chi connectivity index (χ3n) is 16.8. The summed E-state index contributed by atoms with van der Waals surface area (Å²) < 4.78 is 14.7. The highest BCUT2D eigenvalue weighted by Crippen LogP contribution is 2.46. The molecule has 5 amide bonds. The fraction of sp³-hybridized carbons (Fsp3) is 0.559. The maximum absolute atomic E-state index is 15.1. The molecule has 8 atom stereocenters. The normalized spacial score (nSPS) is 24.7. The number of esters is 1. The summed E-state index contributed by atoms with van der Waals surface area (Å²) in [5.41, 5.74) is 10.8. The molecule has 0 radical (unpaired) electrons. The summed E-state index contributed by atoms with van der Waals surface area (Å²) in [7, 11) is 5.45. The first kappa shape index (κ1) is 55.3. The maximum atomic E-state index is 15.1. The molecule has 4 aromatic rings. The van der Waals surface area contributed by atoms with Gasteiger partial charge in [0.2, 0.25) is 11.8 Å². The van der Waals surface area contributed by atoms with E-state index >= 15 is 4.79 Å². The van der Waals surface area contributed by atoms with Crippen LogP contribution in [0.1, 0.15) is 84.7 Å². The number of aromatic hydroxyl groups is 1. The molecule has 4 fully saturated rings. The smallest absolute Gasteiger partial charge is 0.325 e. The molecule has 6 bridgehead atoms. The molecule has 18 heteroatoms. The summed E-state index contributed by atoms with van der Waals surface area (Å²) in [5.74, 6) is -2.00. The maximum Gasteiger partial charge on any atom is 0.325 e. The van der Waals surface area contributed by atoms with E-state index in [1.807, 2.05) is 46.9 Å². The van der Waals surface area contributed by atoms with Crippen LogP contribution in [0.15, 0.2) is 61.3 Å². The highest BCUT2D eigenvalue weighted by molar-refractivity contribution is 5.96. The molecular formula is C59H80N10O8. The molecule has 1 aliphatic carbocycles. The third kappa shape index (κ3) is 11.2. The lowest BCUT2D eigenvalue weighted by atomic mass is 9.84. The number of nitrogens with zero attached hydrogens (tertiary/aromatic N) is 8. The van der Waals surface area contributed by atoms with Crippen molar-refractivity contribution in [1.82, 2.24) is 44.9 Å². The van der Waals surface area contributed by atoms with Crippen molar-refractivity contribution in [2.75, 3.05) is 78.5 Å². The van der Waals surface area contributed by atoms with Crippen LogP contribution in [0.4, 0.5) is 10.5 Å². The van der Waals surface area contributed by atoms with Gasteiger partial charge in [-0.25, -0.2) is 10.2 Å². The number of hydrogen-bond acceptors (Lipinski definition) is 12. The number of aryl methyl sites for hydroxylation is 1. The van der Waals surface area contributed by atoms with Crippen LogP contribution in [0.2, 0.25) is 0 Å². The highest BCUT2D eigenvalue weighted by Gasteiger charge is 2.53. The van der Waals surface area contributed by atoms with Gasteiger partial charge < -0.3 is 49.0 Å². The topological polar surface area (TPSA) is 185 Å². The summed E-state index contributed by atoms with van der Waals surface area (Å²) in [4.78, 5) is 86.1. The molecule has 77 heavy (non-hydrogen) atoms. The highest BCUT2D eigenvalue weighted by atomic mass is 16.5. The van der Waals surface area contributed by atoms with Crippen molar-refractivity contribution < 1.29 is 38.6 Å². The molecular weight excluding hydrogens is 977 g/mol. The monoisotopic (exact) mass is 1060 g/mol. The van der Waals surface area contributed by atoms with E-state index in [2.05, 4.69) is 83.8 Å². The number of pyridine rings is 1. The Kier molecular flexibility index (Phi) is 15.9. The molecule has 2 aromatic carbocycles. The molecule has 3 N–H and O–H groups in total. The van der Waals surface area contributed by atoms with E-state index in [0.29, 0.717) is 38.2 Å². The number of aromatic nitrogens is 2. The summed E-state index contributed by atoms with van der Waals surface area (Å²) in [5, 5.41) is 17.1. The number of amides is 5. The Labute approximate surface area is 453 Å². The number of ether oxygens (including phenoxy) is 2. The minimum absolute atomic E-state index is 0.00839. The number of phenols is 1. The van der Waals surface area contributed by atoms with Crippen LogP contribution in [-0.2, 0) is 48.0 Å². The Bertz CT molecular complexity index is 2920. The van der Waals surface area contributed by atoms with Crippen LogP contribution in [-0.4, -0.2) is 173 Å². The van der Waals surface area contributed by atoms with Gasteiger partial charge in [-0.05, 0) is 124 Å². The summed E-state index contributed by atoms with van der Waals surface area (Å²) >= 11 is 0. The Morgan fingerprint density at radius 3 is 2.39 bits per heavy atom. The fourth-order valence-electron chi connectivity index (χ4n) is 12.5. The first-order valence-electron chi connectivity index (χ1n) is 27.6. The van der Waals surface area contributed by atoms with Crippen LogP contribution in [0.5, 0.6) is 5.75 Å². The van der Waals surface area contributed by atoms with Crippen molar-refractivity contribution in [1.29, 1.82) is 0 Å². The lowest BCUT2D eigenvalue weighted by Gasteiger charge is -2.46. The molecule has 1 saturated carbocycles. The number of benzene rings is 2. The first-order chi connectivity index (χ1) is 36.6. The Morgan fingerprint density at radius 2 is 1.73 bits per heavy atom. The summed E-state index contributed by atoms with van der Waals surface area (Å²) in [6.07, 6.45) is 4.17. The van der Waals surface area contributed by atoms with Gasteiger partial charge in [0.15, 0.2) is 0 Å². The molecule has 2 aromatic heterocycles. The number of hydrogen-bond donors (Lipinski definition) is 3. The van der Waals surface area contributed by atoms with E-state index in [0.717, 1.165) is 82.8 Å². The van der Waals surface area contributed by atoms with Crippen molar-refractivity contribution in [3.8, 4) is 28.1 Å². The van der Waals surface area contributed by atoms with Gasteiger partial charge in [0, 0.05) is 107 Å². The Balaban J connectivity index is 1.13. The van der Waals surface area contributed by atoms with E-state index in [1.165, 1.54) is 16.0 Å². The lowest BCUT2D eigenvalue weighted by molar-refractivity contribution is -0.156. The SMILES string of the molecule is C=CC(=O)N1CC(C)N(C(=O)N(C)C(C(=O)NC2Cc3cc(O)cc(c3)-c3ccc4c(c3)c(c(-c3cc(N5CCN(C)CC5)cnc3C(C)OC)n4CC)CC(C)(C)COC(=O)C3NN(CC4CC43)C2=O)C(C)C)C(C)C1. The molecule has 5 aliphatic rings. The second kappa shape index (κ2) is 22.1. The number of carbonyl (C=O) groups excluding carboxylic acids is 5. The molecule has 3 saturated heterocycles. The molecule has 4 aliphatic heterocycles. The average Bonchev–Trinajstić information content (AvgIpc) is 4.15. The number of methoxy groups -OCH3 is 1. The van der Waals surface area contributed by atoms with Gasteiger partial charge in [-0.15, -0.1) is 0 Å². The predicted octanol–water partition coefficient (Wildman–Crippen LogP) is 6.24. The van der Waals surface area contributed by atoms with Gasteiger partial charge in [-0.3, -0.25) is 29.2 Å². The van der Waals surface area contributed by atoms with E-state index in [1.54, 1.807) is 36.1 Å². The van der Waals surface area contributed by atoms with Crippen molar-refractivity contribution in [2.24, 2.45) is 23.2 Å². The molecule has 414 valence electrons. The third-order valence-corrected chi connectivity index (χ3v) is 16.8. The van der Waals surface area contributed by atoms with Gasteiger partial charge in [-0.2, -0.15) is 0 Å². The fourth-order valence-corrected chi connectivity index (χ4v) is 12.5. The Morgan fingerprint density at radius 1 is 1.01 bits per heavy atom. The molecule has 8 unspecified atom stereocenters. The number of cyclic esters (lactones) is 1. The van der Waals surface area contributed by atoms with Crippen LogP contribution in [0.3, 0.4) is 0 Å². The predicted molar refractivity (Wildman–Crippen MR) is 297 cm³/mol. The zero-order valence-electron chi connectivity index (χ0n) is 47.0. The minimum Gasteiger partial charge on any atom is -0.508 e. The average molecular weight is 1060 g/mol. The van der Waals surface area contributed by atoms with Crippen LogP contribution < -0.4 is 15.6 Å². The van der Waals surface area contributed by atoms with E-state index < -0.39 is 41.3 Å². The second-order valence-electron chi connectivity index (χ2n) is 23.6. The molecule has 6 heterocycles. The van der Waals surface area contributed by atoms with Crippen molar-refractivity contribution in [2.45, 2.75) is 118 Å². The van der Waals surface area contributed by atoms with Crippen molar-refractivity contribution in [3.63, 3.8) is 0 Å². The zero-order valence-corrected chi connectivity index (χ0v) is 47.0. The quantitative estimate of drug-likeness (QED) is 0.120. The van der Waals surface area contributed by atoms with E-state index in [9.17, 15) is 24.3 Å². The first-order valence-corrected chi connectivity index (χ1v) is 27.6. The number of carbonyl (C=O) groups is 5. The van der Waals surface area contributed by atoms with E-state index in [4.69, 9.17) is 14.5 Å². The van der Waals surface area contributed by atoms with Gasteiger partial charge in [-0.1, -0.05) is 46.4 Å². The number of likely N-dealkylation sites (N-methyl/N-ethyl adjacent to an activating group) is 2. The lowest BCUT2D eigenvalue weighted by Crippen LogP contribution is -2.65. The van der Waals surface area contributed by atoms with Crippen LogP contribution in [0.25, 0.3) is 33.3 Å². The molecule has 9 rings (SSSR count). The number of piperazine rings is 2. The van der Waals surface area contributed by atoms with Crippen molar-refractivity contribution >= 4 is 46.3 Å². The van der Waals surface area contributed by atoms with Gasteiger partial charge in [0.25, 0.3) is 5.91 Å². The van der Waals surface area contributed by atoms with Gasteiger partial charge in [0.1, 0.15) is 23.9 Å². The second-order valence-corrected chi connectivity index (χ2v) is 23.6. The number of hydrazine groups is 1. The van der Waals surface area contributed by atoms with Crippen molar-refractivity contribution in [3.05, 3.63) is 78.1 Å². The summed E-state index contributed by atoms with van der Waals surface area (Å²) in [6, 6.07) is 9.85. The number of rotatable bonds is 10. The molecule has 18 nitrogen and oxygen atoms in total. The van der Waals surface area contributed by atoms with Gasteiger partial charge in [0.05, 0.1) is 36.0 Å². The van der Waals surface area contributed by atoms with Crippen LogP contribution >= 0.6 is 0 Å². The number of fused-ring (bicyclic) bond motifs is 8. The zero-order chi connectivity index (χ0) is 55.4. The largest absolute Gasteiger partial charge is 0.508 e. The van der Waals surface area contributed by atoms with Crippen LogP contribution in [0, 0.1) is 23.2 Å². The number of phenolic OH excluding ortho intramolecular Hbond substituents is 1. The van der Waals surface area contributed by atoms with Gasteiger partial charge >= 0.3 is 12.0 Å². The number of nitrogens with one attached hydrogen (secondary N) is 2. The number of urea groups is 1. The number of anilines is 1. The minimum atomic E-state index is -1.18.